The second-order valence-electron chi connectivity index (χ2n) is 5.84. The van der Waals surface area contributed by atoms with Crippen molar-refractivity contribution in [1.29, 1.82) is 0 Å². The van der Waals surface area contributed by atoms with Gasteiger partial charge in [-0.15, -0.1) is 4.91 Å². The van der Waals surface area contributed by atoms with Crippen LogP contribution in [0.15, 0.2) is 5.18 Å². The van der Waals surface area contributed by atoms with Crippen LogP contribution < -0.4 is 0 Å². The van der Waals surface area contributed by atoms with E-state index in [4.69, 9.17) is 0 Å². The lowest BCUT2D eigenvalue weighted by Gasteiger charge is -2.38. The molecule has 7 heteroatoms. The van der Waals surface area contributed by atoms with E-state index in [2.05, 4.69) is 5.18 Å². The molecule has 0 aromatic heterocycles. The van der Waals surface area contributed by atoms with E-state index < -0.39 is 23.0 Å². The Morgan fingerprint density at radius 3 is 2.50 bits per heavy atom. The molecule has 2 atom stereocenters. The lowest BCUT2D eigenvalue weighted by Crippen LogP contribution is -2.46. The van der Waals surface area contributed by atoms with Gasteiger partial charge in [-0.25, -0.2) is 8.42 Å². The minimum atomic E-state index is -2.88. The van der Waals surface area contributed by atoms with Crippen LogP contribution in [0.2, 0.25) is 0 Å². The predicted octanol–water partition coefficient (Wildman–Crippen LogP) is 0.934. The Morgan fingerprint density at radius 1 is 1.44 bits per heavy atom. The molecule has 2 unspecified atom stereocenters. The largest absolute Gasteiger partial charge is 0.299 e. The first-order valence-electron chi connectivity index (χ1n) is 6.07. The number of Topliss-reactive ketones (excluding diaryl/α,β-unsaturated/α-hetero) is 1. The zero-order valence-corrected chi connectivity index (χ0v) is 11.5. The summed E-state index contributed by atoms with van der Waals surface area (Å²) in [5.74, 6) is 0.470. The summed E-state index contributed by atoms with van der Waals surface area (Å²) in [4.78, 5) is 22.5. The number of thiol groups is 1. The van der Waals surface area contributed by atoms with Crippen LogP contribution in [0, 0.1) is 21.7 Å². The monoisotopic (exact) mass is 274 g/mol. The molecule has 102 valence electrons. The average molecular weight is 274 g/mol. The normalized spacial score (nSPS) is 33.6. The maximum Gasteiger partial charge on any atom is 0.205 e. The van der Waals surface area contributed by atoms with Crippen molar-refractivity contribution in [3.8, 4) is 0 Å². The molecule has 0 saturated heterocycles. The molecule has 0 heterocycles. The number of nitrogens with zero attached hydrogens (tertiary/aromatic N) is 2. The van der Waals surface area contributed by atoms with Crippen molar-refractivity contribution in [2.45, 2.75) is 33.1 Å². The highest BCUT2D eigenvalue weighted by atomic mass is 32.2. The first-order valence-corrected chi connectivity index (χ1v) is 7.20. The van der Waals surface area contributed by atoms with E-state index in [0.717, 1.165) is 10.7 Å². The topological polar surface area (TPSA) is 83.9 Å². The zero-order valence-electron chi connectivity index (χ0n) is 10.6. The molecule has 0 aromatic rings. The molecule has 0 aliphatic heterocycles. The van der Waals surface area contributed by atoms with Crippen molar-refractivity contribution in [3.63, 3.8) is 0 Å². The summed E-state index contributed by atoms with van der Waals surface area (Å²) in [7, 11) is -2.88. The lowest BCUT2D eigenvalue weighted by molar-refractivity contribution is -0.130. The van der Waals surface area contributed by atoms with Crippen molar-refractivity contribution in [2.24, 2.45) is 21.9 Å². The standard InChI is InChI=1S/C11H18N2O4S/c1-10(2)8-3-4-11(10,9(14)5-8)6-13(7-12-15)18(16)17/h8,18H,3-7H2,1-2H3. The van der Waals surface area contributed by atoms with Gasteiger partial charge in [0, 0.05) is 18.4 Å². The molecule has 0 spiro atoms. The van der Waals surface area contributed by atoms with Crippen LogP contribution in [0.3, 0.4) is 0 Å². The molecule has 0 aromatic carbocycles. The van der Waals surface area contributed by atoms with Gasteiger partial charge in [0.15, 0.2) is 0 Å². The number of nitroso groups, excluding NO2 is 1. The minimum absolute atomic E-state index is 0.0970. The molecule has 2 aliphatic carbocycles. The van der Waals surface area contributed by atoms with E-state index >= 15 is 0 Å². The minimum Gasteiger partial charge on any atom is -0.299 e. The molecule has 6 nitrogen and oxygen atoms in total. The summed E-state index contributed by atoms with van der Waals surface area (Å²) in [6.07, 6.45) is 2.20. The smallest absolute Gasteiger partial charge is 0.205 e. The van der Waals surface area contributed by atoms with Gasteiger partial charge in [0.1, 0.15) is 12.5 Å². The van der Waals surface area contributed by atoms with Gasteiger partial charge < -0.3 is 0 Å². The van der Waals surface area contributed by atoms with Crippen LogP contribution in [-0.4, -0.2) is 31.7 Å². The van der Waals surface area contributed by atoms with E-state index in [1.54, 1.807) is 0 Å². The average Bonchev–Trinajstić information content (AvgIpc) is 2.62. The summed E-state index contributed by atoms with van der Waals surface area (Å²) in [5, 5.41) is 2.63. The molecule has 18 heavy (non-hydrogen) atoms. The second-order valence-corrected chi connectivity index (χ2v) is 6.88. The molecule has 2 fully saturated rings. The van der Waals surface area contributed by atoms with Crippen LogP contribution in [0.4, 0.5) is 0 Å². The lowest BCUT2D eigenvalue weighted by atomic mass is 9.69. The Bertz CT molecular complexity index is 452. The van der Waals surface area contributed by atoms with Gasteiger partial charge in [0.05, 0.1) is 0 Å². The van der Waals surface area contributed by atoms with Crippen molar-refractivity contribution in [2.75, 3.05) is 13.2 Å². The number of ketones is 1. The number of hydrogen-bond acceptors (Lipinski definition) is 5. The SMILES string of the molecule is CC1(C)C2CCC1(CN(CN=O)[SH](=O)=O)C(=O)C2. The third kappa shape index (κ3) is 1.72. The highest BCUT2D eigenvalue weighted by Crippen LogP contribution is 2.64. The molecule has 2 rings (SSSR count). The van der Waals surface area contributed by atoms with E-state index in [0.29, 0.717) is 18.8 Å². The summed E-state index contributed by atoms with van der Waals surface area (Å²) in [6, 6.07) is 0. The van der Waals surface area contributed by atoms with Crippen molar-refractivity contribution in [1.82, 2.24) is 4.31 Å². The zero-order chi connectivity index (χ0) is 13.6. The number of carbonyl (C=O) groups excluding carboxylic acids is 1. The second kappa shape index (κ2) is 4.38. The van der Waals surface area contributed by atoms with Gasteiger partial charge in [-0.3, -0.25) is 4.79 Å². The van der Waals surface area contributed by atoms with Crippen LogP contribution in [0.1, 0.15) is 33.1 Å². The molecule has 2 bridgehead atoms. The van der Waals surface area contributed by atoms with Gasteiger partial charge in [0.2, 0.25) is 10.9 Å². The fourth-order valence-corrected chi connectivity index (χ4v) is 4.19. The summed E-state index contributed by atoms with van der Waals surface area (Å²) in [6.45, 7) is 3.74. The molecule has 0 radical (unpaired) electrons. The van der Waals surface area contributed by atoms with Crippen LogP contribution in [0.25, 0.3) is 0 Å². The van der Waals surface area contributed by atoms with E-state index in [1.165, 1.54) is 0 Å². The van der Waals surface area contributed by atoms with Gasteiger partial charge in [-0.1, -0.05) is 19.0 Å². The van der Waals surface area contributed by atoms with E-state index in [9.17, 15) is 18.1 Å². The first-order chi connectivity index (χ1) is 8.35. The van der Waals surface area contributed by atoms with Crippen molar-refractivity contribution in [3.05, 3.63) is 4.91 Å². The molecule has 0 amide bonds. The van der Waals surface area contributed by atoms with Gasteiger partial charge >= 0.3 is 0 Å². The summed E-state index contributed by atoms with van der Waals surface area (Å²) < 4.78 is 23.2. The number of fused-ring (bicyclic) bond motifs is 2. The molecular weight excluding hydrogens is 256 g/mol. The maximum absolute atomic E-state index is 12.2. The van der Waals surface area contributed by atoms with Crippen molar-refractivity contribution < 1.29 is 13.2 Å². The highest BCUT2D eigenvalue weighted by molar-refractivity contribution is 7.69. The molecule has 2 saturated carbocycles. The third-order valence-electron chi connectivity index (χ3n) is 5.04. The van der Waals surface area contributed by atoms with Gasteiger partial charge in [-0.05, 0) is 24.2 Å². The predicted molar refractivity (Wildman–Crippen MR) is 66.2 cm³/mol. The number of hydrogen-bond donors (Lipinski definition) is 1. The first kappa shape index (κ1) is 13.6. The number of carbonyl (C=O) groups is 1. The van der Waals surface area contributed by atoms with Gasteiger partial charge in [-0.2, -0.15) is 4.31 Å². The Labute approximate surface area is 108 Å². The Balaban J connectivity index is 2.30. The third-order valence-corrected chi connectivity index (χ3v) is 5.77. The Morgan fingerprint density at radius 2 is 2.11 bits per heavy atom. The van der Waals surface area contributed by atoms with Crippen LogP contribution >= 0.6 is 0 Å². The number of rotatable bonds is 5. The molecule has 2 aliphatic rings. The van der Waals surface area contributed by atoms with Gasteiger partial charge in [0.25, 0.3) is 0 Å². The summed E-state index contributed by atoms with van der Waals surface area (Å²) in [5.41, 5.74) is -0.825. The Kier molecular flexibility index (Phi) is 3.31. The highest BCUT2D eigenvalue weighted by Gasteiger charge is 2.64. The molecular formula is C11H18N2O4S. The van der Waals surface area contributed by atoms with E-state index in [1.807, 2.05) is 13.8 Å². The van der Waals surface area contributed by atoms with Crippen molar-refractivity contribution >= 4 is 16.7 Å². The quantitative estimate of drug-likeness (QED) is 0.597. The molecule has 0 N–H and O–H groups in total. The van der Waals surface area contributed by atoms with Crippen LogP contribution in [-0.2, 0) is 15.7 Å². The maximum atomic E-state index is 12.2. The Hall–Kier alpha value is -0.820. The fourth-order valence-electron chi connectivity index (χ4n) is 3.68. The summed E-state index contributed by atoms with van der Waals surface area (Å²) >= 11 is 0. The fraction of sp³-hybridized carbons (Fsp3) is 0.909. The van der Waals surface area contributed by atoms with Crippen LogP contribution in [0.5, 0.6) is 0 Å². The van der Waals surface area contributed by atoms with E-state index in [-0.39, 0.29) is 17.7 Å².